The van der Waals surface area contributed by atoms with Gasteiger partial charge in [-0.1, -0.05) is 19.1 Å². The number of nitrogens with one attached hydrogen (secondary N) is 2. The molecule has 2 rings (SSSR count). The standard InChI is InChI=1S/C14H17N3O2/c1-2-11-3-5-13(6-4-11)19-10-14(18)15-7-12-8-16-17-9-12/h3-6,8-9H,2,7,10H2,1H3,(H,15,18)(H,16,17). The lowest BCUT2D eigenvalue weighted by molar-refractivity contribution is -0.123. The molecule has 0 bridgehead atoms. The summed E-state index contributed by atoms with van der Waals surface area (Å²) in [6.45, 7) is 2.57. The molecular weight excluding hydrogens is 242 g/mol. The quantitative estimate of drug-likeness (QED) is 0.829. The summed E-state index contributed by atoms with van der Waals surface area (Å²) < 4.78 is 5.40. The van der Waals surface area contributed by atoms with Gasteiger partial charge in [0.15, 0.2) is 6.61 Å². The molecule has 1 aromatic heterocycles. The van der Waals surface area contributed by atoms with Crippen molar-refractivity contribution in [2.24, 2.45) is 0 Å². The highest BCUT2D eigenvalue weighted by Crippen LogP contribution is 2.12. The van der Waals surface area contributed by atoms with Crippen LogP contribution in [0.25, 0.3) is 0 Å². The van der Waals surface area contributed by atoms with E-state index >= 15 is 0 Å². The number of rotatable bonds is 6. The predicted octanol–water partition coefficient (Wildman–Crippen LogP) is 1.67. The van der Waals surface area contributed by atoms with E-state index in [-0.39, 0.29) is 12.5 Å². The number of aromatic nitrogens is 2. The molecule has 0 aliphatic carbocycles. The summed E-state index contributed by atoms with van der Waals surface area (Å²) >= 11 is 0. The van der Waals surface area contributed by atoms with Gasteiger partial charge in [-0.15, -0.1) is 0 Å². The molecule has 0 aliphatic rings. The Morgan fingerprint density at radius 3 is 2.74 bits per heavy atom. The SMILES string of the molecule is CCc1ccc(OCC(=O)NCc2cn[nH]c2)cc1. The van der Waals surface area contributed by atoms with Crippen LogP contribution in [0.15, 0.2) is 36.7 Å². The molecule has 0 atom stereocenters. The summed E-state index contributed by atoms with van der Waals surface area (Å²) in [5, 5.41) is 9.25. The number of nitrogens with zero attached hydrogens (tertiary/aromatic N) is 1. The molecule has 2 N–H and O–H groups in total. The van der Waals surface area contributed by atoms with Crippen LogP contribution in [0, 0.1) is 0 Å². The Morgan fingerprint density at radius 1 is 1.32 bits per heavy atom. The normalized spacial score (nSPS) is 10.2. The third-order valence-electron chi connectivity index (χ3n) is 2.75. The van der Waals surface area contributed by atoms with Crippen molar-refractivity contribution in [1.29, 1.82) is 0 Å². The smallest absolute Gasteiger partial charge is 0.258 e. The number of H-pyrrole nitrogens is 1. The van der Waals surface area contributed by atoms with Gasteiger partial charge in [-0.25, -0.2) is 0 Å². The van der Waals surface area contributed by atoms with Crippen LogP contribution < -0.4 is 10.1 Å². The molecule has 0 aliphatic heterocycles. The molecule has 1 aromatic carbocycles. The van der Waals surface area contributed by atoms with Crippen molar-refractivity contribution < 1.29 is 9.53 Å². The summed E-state index contributed by atoms with van der Waals surface area (Å²) in [4.78, 5) is 11.6. The summed E-state index contributed by atoms with van der Waals surface area (Å²) in [7, 11) is 0. The highest BCUT2D eigenvalue weighted by Gasteiger charge is 2.03. The molecule has 0 unspecified atom stereocenters. The van der Waals surface area contributed by atoms with Crippen molar-refractivity contribution in [3.63, 3.8) is 0 Å². The number of ether oxygens (including phenoxy) is 1. The van der Waals surface area contributed by atoms with Gasteiger partial charge in [0, 0.05) is 18.3 Å². The van der Waals surface area contributed by atoms with Crippen LogP contribution >= 0.6 is 0 Å². The number of amides is 1. The second-order valence-electron chi connectivity index (χ2n) is 4.17. The van der Waals surface area contributed by atoms with Crippen LogP contribution in [0.5, 0.6) is 5.75 Å². The van der Waals surface area contributed by atoms with Gasteiger partial charge in [-0.2, -0.15) is 5.10 Å². The number of carbonyl (C=O) groups is 1. The molecular formula is C14H17N3O2. The monoisotopic (exact) mass is 259 g/mol. The third-order valence-corrected chi connectivity index (χ3v) is 2.75. The van der Waals surface area contributed by atoms with Crippen LogP contribution in [0.4, 0.5) is 0 Å². The maximum atomic E-state index is 11.6. The minimum absolute atomic E-state index is 0.0172. The van der Waals surface area contributed by atoms with Crippen molar-refractivity contribution in [3.05, 3.63) is 47.8 Å². The first-order chi connectivity index (χ1) is 9.28. The Balaban J connectivity index is 1.73. The van der Waals surface area contributed by atoms with Gasteiger partial charge in [0.05, 0.1) is 6.20 Å². The number of carbonyl (C=O) groups excluding carboxylic acids is 1. The predicted molar refractivity (Wildman–Crippen MR) is 71.7 cm³/mol. The summed E-state index contributed by atoms with van der Waals surface area (Å²) in [5.41, 5.74) is 2.18. The number of hydrogen-bond donors (Lipinski definition) is 2. The Morgan fingerprint density at radius 2 is 2.11 bits per heavy atom. The van der Waals surface area contributed by atoms with Gasteiger partial charge in [0.1, 0.15) is 5.75 Å². The Labute approximate surface area is 112 Å². The van der Waals surface area contributed by atoms with Crippen molar-refractivity contribution in [1.82, 2.24) is 15.5 Å². The Bertz CT molecular complexity index is 506. The van der Waals surface area contributed by atoms with E-state index in [1.54, 1.807) is 12.4 Å². The number of benzene rings is 1. The van der Waals surface area contributed by atoms with Gasteiger partial charge in [-0.05, 0) is 24.1 Å². The van der Waals surface area contributed by atoms with Crippen LogP contribution in [0.1, 0.15) is 18.1 Å². The maximum absolute atomic E-state index is 11.6. The topological polar surface area (TPSA) is 67.0 Å². The largest absolute Gasteiger partial charge is 0.484 e. The second kappa shape index (κ2) is 6.58. The second-order valence-corrected chi connectivity index (χ2v) is 4.17. The lowest BCUT2D eigenvalue weighted by Gasteiger charge is -2.07. The van der Waals surface area contributed by atoms with E-state index in [4.69, 9.17) is 4.74 Å². The summed E-state index contributed by atoms with van der Waals surface area (Å²) in [5.74, 6) is 0.552. The number of aromatic amines is 1. The average molecular weight is 259 g/mol. The fourth-order valence-corrected chi connectivity index (χ4v) is 1.60. The van der Waals surface area contributed by atoms with Crippen molar-refractivity contribution in [3.8, 4) is 5.75 Å². The van der Waals surface area contributed by atoms with E-state index in [0.29, 0.717) is 12.3 Å². The summed E-state index contributed by atoms with van der Waals surface area (Å²) in [6, 6.07) is 7.75. The van der Waals surface area contributed by atoms with Crippen molar-refractivity contribution >= 4 is 5.91 Å². The van der Waals surface area contributed by atoms with Crippen LogP contribution in [0.2, 0.25) is 0 Å². The molecule has 19 heavy (non-hydrogen) atoms. The Hall–Kier alpha value is -2.30. The molecule has 0 fully saturated rings. The van der Waals surface area contributed by atoms with Gasteiger partial charge in [-0.3, -0.25) is 9.89 Å². The fraction of sp³-hybridized carbons (Fsp3) is 0.286. The molecule has 0 saturated carbocycles. The van der Waals surface area contributed by atoms with E-state index < -0.39 is 0 Å². The van der Waals surface area contributed by atoms with Crippen molar-refractivity contribution in [2.75, 3.05) is 6.61 Å². The van der Waals surface area contributed by atoms with Crippen LogP contribution in [0.3, 0.4) is 0 Å². The van der Waals surface area contributed by atoms with Crippen LogP contribution in [-0.4, -0.2) is 22.7 Å². The molecule has 0 spiro atoms. The average Bonchev–Trinajstić information content (AvgIpc) is 2.96. The molecule has 1 heterocycles. The van der Waals surface area contributed by atoms with E-state index in [9.17, 15) is 4.79 Å². The van der Waals surface area contributed by atoms with Gasteiger partial charge in [0.2, 0.25) is 0 Å². The van der Waals surface area contributed by atoms with E-state index in [0.717, 1.165) is 12.0 Å². The molecule has 5 nitrogen and oxygen atoms in total. The highest BCUT2D eigenvalue weighted by atomic mass is 16.5. The first-order valence-electron chi connectivity index (χ1n) is 6.24. The maximum Gasteiger partial charge on any atom is 0.258 e. The fourth-order valence-electron chi connectivity index (χ4n) is 1.60. The highest BCUT2D eigenvalue weighted by molar-refractivity contribution is 5.77. The molecule has 5 heteroatoms. The molecule has 0 saturated heterocycles. The van der Waals surface area contributed by atoms with E-state index in [1.165, 1.54) is 5.56 Å². The minimum atomic E-state index is -0.152. The molecule has 100 valence electrons. The minimum Gasteiger partial charge on any atom is -0.484 e. The first-order valence-corrected chi connectivity index (χ1v) is 6.24. The third kappa shape index (κ3) is 4.13. The number of hydrogen-bond acceptors (Lipinski definition) is 3. The molecule has 2 aromatic rings. The Kier molecular flexibility index (Phi) is 4.55. The zero-order valence-electron chi connectivity index (χ0n) is 10.8. The van der Waals surface area contributed by atoms with Gasteiger partial charge < -0.3 is 10.1 Å². The lowest BCUT2D eigenvalue weighted by atomic mass is 10.2. The van der Waals surface area contributed by atoms with E-state index in [1.807, 2.05) is 24.3 Å². The van der Waals surface area contributed by atoms with Gasteiger partial charge >= 0.3 is 0 Å². The van der Waals surface area contributed by atoms with Gasteiger partial charge in [0.25, 0.3) is 5.91 Å². The zero-order chi connectivity index (χ0) is 13.5. The summed E-state index contributed by atoms with van der Waals surface area (Å²) in [6.07, 6.45) is 4.40. The molecule has 0 radical (unpaired) electrons. The van der Waals surface area contributed by atoms with Crippen LogP contribution in [-0.2, 0) is 17.8 Å². The van der Waals surface area contributed by atoms with Crippen molar-refractivity contribution in [2.45, 2.75) is 19.9 Å². The number of aryl methyl sites for hydroxylation is 1. The van der Waals surface area contributed by atoms with E-state index in [2.05, 4.69) is 22.4 Å². The zero-order valence-corrected chi connectivity index (χ0v) is 10.8. The molecule has 1 amide bonds. The first kappa shape index (κ1) is 13.1. The lowest BCUT2D eigenvalue weighted by Crippen LogP contribution is -2.28.